The quantitative estimate of drug-likeness (QED) is 0.0954. The Morgan fingerprint density at radius 3 is 1.02 bits per heavy atom. The van der Waals surface area contributed by atoms with E-state index in [2.05, 4.69) is 306 Å². The lowest BCUT2D eigenvalue weighted by atomic mass is 9.85. The predicted octanol–water partition coefficient (Wildman–Crippen LogP) is 21.8. The molecule has 6 heteroatoms. The van der Waals surface area contributed by atoms with Crippen LogP contribution in [-0.2, 0) is 0 Å². The van der Waals surface area contributed by atoms with Gasteiger partial charge in [-0.2, -0.15) is 10.5 Å². The third-order valence-electron chi connectivity index (χ3n) is 16.2. The van der Waals surface area contributed by atoms with E-state index in [1.807, 2.05) is 36.4 Å². The first-order valence-electron chi connectivity index (χ1n) is 29.0. The van der Waals surface area contributed by atoms with Gasteiger partial charge in [-0.25, -0.2) is 0 Å². The predicted molar refractivity (Wildman–Crippen MR) is 355 cm³/mol. The van der Waals surface area contributed by atoms with Gasteiger partial charge in [0.05, 0.1) is 23.3 Å². The third kappa shape index (κ3) is 10.7. The number of nitrogens with zero attached hydrogens (tertiary/aromatic N) is 6. The Bertz CT molecular complexity index is 4390. The lowest BCUT2D eigenvalue weighted by Gasteiger charge is -2.30. The molecule has 0 aliphatic heterocycles. The fourth-order valence-corrected chi connectivity index (χ4v) is 11.9. The summed E-state index contributed by atoms with van der Waals surface area (Å²) in [4.78, 5) is 9.24. The van der Waals surface area contributed by atoms with E-state index in [9.17, 15) is 10.5 Å². The van der Waals surface area contributed by atoms with Crippen LogP contribution in [0.5, 0.6) is 0 Å². The lowest BCUT2D eigenvalue weighted by Crippen LogP contribution is -2.17. The van der Waals surface area contributed by atoms with Crippen molar-refractivity contribution in [3.8, 4) is 34.4 Å². The number of hydrogen-bond acceptors (Lipinski definition) is 6. The van der Waals surface area contributed by atoms with Gasteiger partial charge in [0.25, 0.3) is 0 Å². The first-order chi connectivity index (χ1) is 41.9. The van der Waals surface area contributed by atoms with Gasteiger partial charge in [-0.1, -0.05) is 146 Å². The number of rotatable bonds is 15. The molecule has 406 valence electrons. The van der Waals surface area contributed by atoms with Gasteiger partial charge in [0.15, 0.2) is 0 Å². The summed E-state index contributed by atoms with van der Waals surface area (Å²) in [6.45, 7) is 4.36. The molecule has 1 aliphatic carbocycles. The molecule has 1 aliphatic rings. The van der Waals surface area contributed by atoms with E-state index in [0.717, 1.165) is 125 Å². The summed E-state index contributed by atoms with van der Waals surface area (Å²) in [5.41, 5.74) is 19.1. The first kappa shape index (κ1) is 53.1. The van der Waals surface area contributed by atoms with Crippen molar-refractivity contribution in [2.75, 3.05) is 19.6 Å². The minimum absolute atomic E-state index is 0.467. The molecular formula is C79H60N6. The number of anilines is 11. The van der Waals surface area contributed by atoms with Crippen LogP contribution in [0.3, 0.4) is 0 Å². The number of nitriles is 2. The molecule has 12 aromatic carbocycles. The molecule has 0 aromatic heterocycles. The van der Waals surface area contributed by atoms with Crippen LogP contribution in [0.15, 0.2) is 303 Å². The van der Waals surface area contributed by atoms with Gasteiger partial charge in [0.2, 0.25) is 0 Å². The van der Waals surface area contributed by atoms with Gasteiger partial charge in [-0.3, -0.25) is 0 Å². The van der Waals surface area contributed by atoms with Gasteiger partial charge in [-0.15, -0.1) is 0 Å². The second-order valence-electron chi connectivity index (χ2n) is 21.5. The molecule has 0 saturated carbocycles. The van der Waals surface area contributed by atoms with E-state index in [-0.39, 0.29) is 0 Å². The molecule has 0 radical (unpaired) electrons. The maximum atomic E-state index is 9.95. The first-order valence-corrected chi connectivity index (χ1v) is 29.0. The summed E-state index contributed by atoms with van der Waals surface area (Å²) in [6.07, 6.45) is 8.97. The lowest BCUT2D eigenvalue weighted by molar-refractivity contribution is 0.628. The van der Waals surface area contributed by atoms with Crippen LogP contribution in [0, 0.1) is 35.5 Å². The molecule has 1 atom stereocenters. The molecule has 0 saturated heterocycles. The molecule has 6 nitrogen and oxygen atoms in total. The Morgan fingerprint density at radius 2 is 0.671 bits per heavy atom. The average Bonchev–Trinajstić information content (AvgIpc) is 1.19. The normalized spacial score (nSPS) is 12.7. The zero-order valence-corrected chi connectivity index (χ0v) is 47.5. The van der Waals surface area contributed by atoms with Crippen molar-refractivity contribution < 1.29 is 0 Å². The van der Waals surface area contributed by atoms with Crippen molar-refractivity contribution in [1.82, 2.24) is 0 Å². The number of allylic oxidation sites excluding steroid dienone is 3. The summed E-state index contributed by atoms with van der Waals surface area (Å²) in [7, 11) is 0. The van der Waals surface area contributed by atoms with E-state index in [1.54, 1.807) is 0 Å². The molecule has 0 fully saturated rings. The number of benzene rings is 12. The summed E-state index contributed by atoms with van der Waals surface area (Å²) < 4.78 is 0. The fraction of sp³-hybridized carbons (Fsp3) is 0.0633. The van der Waals surface area contributed by atoms with Gasteiger partial charge in [-0.05, 0) is 233 Å². The summed E-state index contributed by atoms with van der Waals surface area (Å²) in [5, 5.41) is 24.2. The Kier molecular flexibility index (Phi) is 14.8. The van der Waals surface area contributed by atoms with Crippen molar-refractivity contribution in [3.05, 3.63) is 320 Å². The van der Waals surface area contributed by atoms with Crippen molar-refractivity contribution in [2.24, 2.45) is 5.92 Å². The molecule has 1 unspecified atom stereocenters. The van der Waals surface area contributed by atoms with E-state index >= 15 is 0 Å². The maximum absolute atomic E-state index is 9.95. The SMILES string of the molecule is CCC1C=CC(N(c2ccc(C#N)cc2)c2ccc3c(-c4ccc(N(c5ccccc5)c5ccccc5)cc4)c4cc(N(c5ccc(C)cc5)c5ccc(C#N)cc5)ccc4c(-c4ccc(N(c5ccccc5)c5ccccc5)cc4)c3c2)=CC1. The molecule has 0 amide bonds. The molecule has 0 heterocycles. The van der Waals surface area contributed by atoms with Crippen molar-refractivity contribution in [1.29, 1.82) is 10.5 Å². The summed E-state index contributed by atoms with van der Waals surface area (Å²) in [6, 6.07) is 103. The fourth-order valence-electron chi connectivity index (χ4n) is 11.9. The minimum Gasteiger partial charge on any atom is -0.311 e. The third-order valence-corrected chi connectivity index (χ3v) is 16.2. The average molecular weight is 1090 g/mol. The molecular weight excluding hydrogens is 1030 g/mol. The molecule has 0 spiro atoms. The van der Waals surface area contributed by atoms with Crippen molar-refractivity contribution >= 4 is 84.1 Å². The van der Waals surface area contributed by atoms with Crippen LogP contribution in [-0.4, -0.2) is 0 Å². The topological polar surface area (TPSA) is 60.5 Å². The van der Waals surface area contributed by atoms with E-state index < -0.39 is 0 Å². The highest BCUT2D eigenvalue weighted by Crippen LogP contribution is 2.50. The van der Waals surface area contributed by atoms with Gasteiger partial charge < -0.3 is 19.6 Å². The zero-order chi connectivity index (χ0) is 57.6. The van der Waals surface area contributed by atoms with Crippen LogP contribution in [0.25, 0.3) is 43.8 Å². The van der Waals surface area contributed by atoms with Gasteiger partial charge in [0, 0.05) is 68.3 Å². The van der Waals surface area contributed by atoms with Crippen LogP contribution in [0.2, 0.25) is 0 Å². The van der Waals surface area contributed by atoms with E-state index in [0.29, 0.717) is 17.0 Å². The van der Waals surface area contributed by atoms with Crippen molar-refractivity contribution in [3.63, 3.8) is 0 Å². The van der Waals surface area contributed by atoms with Crippen LogP contribution in [0.1, 0.15) is 36.5 Å². The zero-order valence-electron chi connectivity index (χ0n) is 47.5. The minimum atomic E-state index is 0.467. The Hall–Kier alpha value is -11.2. The largest absolute Gasteiger partial charge is 0.311 e. The van der Waals surface area contributed by atoms with Gasteiger partial charge in [0.1, 0.15) is 0 Å². The number of para-hydroxylation sites is 4. The van der Waals surface area contributed by atoms with Crippen LogP contribution < -0.4 is 19.6 Å². The monoisotopic (exact) mass is 1090 g/mol. The second kappa shape index (κ2) is 23.7. The Labute approximate surface area is 498 Å². The molecule has 12 aromatic rings. The number of fused-ring (bicyclic) bond motifs is 2. The Morgan fingerprint density at radius 1 is 0.353 bits per heavy atom. The molecule has 0 bridgehead atoms. The summed E-state index contributed by atoms with van der Waals surface area (Å²) >= 11 is 0. The second-order valence-corrected chi connectivity index (χ2v) is 21.5. The highest BCUT2D eigenvalue weighted by molar-refractivity contribution is 6.23. The highest BCUT2D eigenvalue weighted by Gasteiger charge is 2.25. The van der Waals surface area contributed by atoms with Crippen LogP contribution >= 0.6 is 0 Å². The van der Waals surface area contributed by atoms with E-state index in [1.165, 1.54) is 5.56 Å². The van der Waals surface area contributed by atoms with Crippen molar-refractivity contribution in [2.45, 2.75) is 26.7 Å². The molecule has 0 N–H and O–H groups in total. The molecule has 13 rings (SSSR count). The molecule has 85 heavy (non-hydrogen) atoms. The van der Waals surface area contributed by atoms with E-state index in [4.69, 9.17) is 0 Å². The maximum Gasteiger partial charge on any atom is 0.0991 e. The number of hydrogen-bond donors (Lipinski definition) is 0. The van der Waals surface area contributed by atoms with Crippen LogP contribution in [0.4, 0.5) is 62.6 Å². The number of aryl methyl sites for hydroxylation is 1. The van der Waals surface area contributed by atoms with Gasteiger partial charge >= 0.3 is 0 Å². The highest BCUT2D eigenvalue weighted by atomic mass is 15.2. The standard InChI is InChI=1S/C79H60N6/c1-3-57-26-38-67(39-27-57)85(69-42-30-59(55-81)31-43-69)73-49-51-75-77(53-73)79(61-34-46-71(47-35-61)83(64-20-12-6-13-21-64)65-22-14-7-15-23-65)74-50-48-72(84(66-36-24-56(2)25-37-66)68-40-28-58(54-80)29-41-68)52-76(74)78(75)60-32-44-70(45-33-60)82(62-16-8-4-9-17-62)63-18-10-5-11-19-63/h4-26,28-53,57H,3,27H2,1-2H3. The smallest absolute Gasteiger partial charge is 0.0991 e. The Balaban J connectivity index is 1.09. The summed E-state index contributed by atoms with van der Waals surface area (Å²) in [5.74, 6) is 0.467.